The van der Waals surface area contributed by atoms with Crippen molar-refractivity contribution in [2.75, 3.05) is 13.1 Å². The van der Waals surface area contributed by atoms with Gasteiger partial charge in [-0.15, -0.1) is 0 Å². The molecule has 0 aliphatic carbocycles. The topological polar surface area (TPSA) is 68.2 Å². The Kier molecular flexibility index (Phi) is 5.15. The lowest BCUT2D eigenvalue weighted by molar-refractivity contribution is 0.0923. The van der Waals surface area contributed by atoms with Crippen LogP contribution in [0.1, 0.15) is 21.6 Å². The molecule has 1 fully saturated rings. The fourth-order valence-corrected chi connectivity index (χ4v) is 4.11. The Bertz CT molecular complexity index is 1320. The van der Waals surface area contributed by atoms with E-state index < -0.39 is 0 Å². The molecule has 0 bridgehead atoms. The van der Waals surface area contributed by atoms with E-state index in [0.717, 1.165) is 57.9 Å². The van der Waals surface area contributed by atoms with Crippen molar-refractivity contribution in [2.45, 2.75) is 19.9 Å². The number of carbonyl (C=O) groups is 1. The van der Waals surface area contributed by atoms with Crippen molar-refractivity contribution in [3.05, 3.63) is 77.5 Å². The fraction of sp³-hybridized carbons (Fsp3) is 0.231. The minimum Gasteiger partial charge on any atom is -0.457 e. The summed E-state index contributed by atoms with van der Waals surface area (Å²) < 4.78 is 8.03. The Labute approximate surface area is 187 Å². The molecule has 0 atom stereocenters. The molecule has 32 heavy (non-hydrogen) atoms. The van der Waals surface area contributed by atoms with Gasteiger partial charge in [-0.25, -0.2) is 0 Å². The Balaban J connectivity index is 1.37. The van der Waals surface area contributed by atoms with Gasteiger partial charge in [0, 0.05) is 37.2 Å². The normalized spacial score (nSPS) is 13.7. The molecule has 0 radical (unpaired) electrons. The lowest BCUT2D eigenvalue weighted by atomic mass is 9.99. The van der Waals surface area contributed by atoms with E-state index in [2.05, 4.69) is 27.9 Å². The third-order valence-corrected chi connectivity index (χ3v) is 6.00. The minimum atomic E-state index is -0.0153. The van der Waals surface area contributed by atoms with Crippen molar-refractivity contribution in [3.8, 4) is 22.6 Å². The molecule has 1 amide bonds. The maximum Gasteiger partial charge on any atom is 0.251 e. The number of nitrogens with zero attached hydrogens (tertiary/aromatic N) is 2. The van der Waals surface area contributed by atoms with Crippen LogP contribution in [0.15, 0.2) is 60.7 Å². The highest BCUT2D eigenvalue weighted by atomic mass is 16.5. The maximum atomic E-state index is 12.5. The van der Waals surface area contributed by atoms with E-state index in [1.165, 1.54) is 0 Å². The molecule has 2 N–H and O–H groups in total. The molecule has 0 saturated carbocycles. The molecule has 3 aromatic carbocycles. The van der Waals surface area contributed by atoms with Crippen LogP contribution in [0, 0.1) is 13.8 Å². The third-order valence-electron chi connectivity index (χ3n) is 6.00. The number of benzene rings is 3. The van der Waals surface area contributed by atoms with Gasteiger partial charge < -0.3 is 15.4 Å². The van der Waals surface area contributed by atoms with Crippen LogP contribution in [0.4, 0.5) is 0 Å². The van der Waals surface area contributed by atoms with Crippen LogP contribution in [-0.2, 0) is 7.05 Å². The summed E-state index contributed by atoms with van der Waals surface area (Å²) in [6, 6.07) is 20.2. The molecule has 0 spiro atoms. The minimum absolute atomic E-state index is 0.0153. The van der Waals surface area contributed by atoms with Gasteiger partial charge >= 0.3 is 0 Å². The van der Waals surface area contributed by atoms with Gasteiger partial charge in [-0.05, 0) is 60.9 Å². The number of rotatable bonds is 5. The number of aromatic nitrogens is 2. The largest absolute Gasteiger partial charge is 0.457 e. The SMILES string of the molecule is Cc1cc(-c2cccc(Oc3ccc4c(C)nn(C)c4c3)c2)ccc1C(=O)NC1CNC1. The van der Waals surface area contributed by atoms with Gasteiger partial charge in [0.2, 0.25) is 0 Å². The Morgan fingerprint density at radius 2 is 1.81 bits per heavy atom. The summed E-state index contributed by atoms with van der Waals surface area (Å²) in [6.07, 6.45) is 0. The molecule has 0 unspecified atom stereocenters. The average molecular weight is 427 g/mol. The van der Waals surface area contributed by atoms with Gasteiger partial charge in [-0.1, -0.05) is 24.3 Å². The highest BCUT2D eigenvalue weighted by Gasteiger charge is 2.20. The average Bonchev–Trinajstić information content (AvgIpc) is 3.04. The quantitative estimate of drug-likeness (QED) is 0.498. The molecular formula is C26H26N4O2. The first-order valence-corrected chi connectivity index (χ1v) is 10.8. The highest BCUT2D eigenvalue weighted by molar-refractivity contribution is 5.96. The van der Waals surface area contributed by atoms with Crippen LogP contribution < -0.4 is 15.4 Å². The van der Waals surface area contributed by atoms with E-state index in [-0.39, 0.29) is 11.9 Å². The second-order valence-corrected chi connectivity index (χ2v) is 8.38. The molecule has 1 aromatic heterocycles. The number of hydrogen-bond acceptors (Lipinski definition) is 4. The third kappa shape index (κ3) is 3.85. The molecular weight excluding hydrogens is 400 g/mol. The number of nitrogens with one attached hydrogen (secondary N) is 2. The first-order valence-electron chi connectivity index (χ1n) is 10.8. The molecule has 4 aromatic rings. The lowest BCUT2D eigenvalue weighted by Crippen LogP contribution is -2.57. The summed E-state index contributed by atoms with van der Waals surface area (Å²) in [6.45, 7) is 5.66. The standard InChI is InChI=1S/C26H26N4O2/c1-16-11-19(7-9-23(16)26(31)28-20-14-27-15-20)18-5-4-6-21(12-18)32-22-8-10-24-17(2)29-30(3)25(24)13-22/h4-13,20,27H,14-15H2,1-3H3,(H,28,31). The predicted octanol–water partition coefficient (Wildman–Crippen LogP) is 4.35. The van der Waals surface area contributed by atoms with Crippen LogP contribution in [0.25, 0.3) is 22.0 Å². The van der Waals surface area contributed by atoms with Gasteiger partial charge in [0.15, 0.2) is 0 Å². The van der Waals surface area contributed by atoms with Crippen molar-refractivity contribution in [1.29, 1.82) is 0 Å². The second kappa shape index (κ2) is 8.13. The first kappa shape index (κ1) is 20.3. The van der Waals surface area contributed by atoms with Crippen molar-refractivity contribution < 1.29 is 9.53 Å². The Morgan fingerprint density at radius 3 is 2.56 bits per heavy atom. The van der Waals surface area contributed by atoms with E-state index in [4.69, 9.17) is 4.74 Å². The van der Waals surface area contributed by atoms with Crippen molar-refractivity contribution in [3.63, 3.8) is 0 Å². The highest BCUT2D eigenvalue weighted by Crippen LogP contribution is 2.30. The van der Waals surface area contributed by atoms with Gasteiger partial charge in [0.1, 0.15) is 11.5 Å². The van der Waals surface area contributed by atoms with Crippen molar-refractivity contribution >= 4 is 16.8 Å². The van der Waals surface area contributed by atoms with Crippen LogP contribution in [0.3, 0.4) is 0 Å². The number of fused-ring (bicyclic) bond motifs is 1. The zero-order chi connectivity index (χ0) is 22.2. The summed E-state index contributed by atoms with van der Waals surface area (Å²) in [4.78, 5) is 12.5. The van der Waals surface area contributed by atoms with Crippen LogP contribution in [-0.4, -0.2) is 34.8 Å². The molecule has 6 heteroatoms. The lowest BCUT2D eigenvalue weighted by Gasteiger charge is -2.28. The predicted molar refractivity (Wildman–Crippen MR) is 126 cm³/mol. The van der Waals surface area contributed by atoms with Gasteiger partial charge in [-0.2, -0.15) is 5.10 Å². The second-order valence-electron chi connectivity index (χ2n) is 8.38. The molecule has 5 rings (SSSR count). The monoisotopic (exact) mass is 426 g/mol. The van der Waals surface area contributed by atoms with Crippen molar-refractivity contribution in [2.24, 2.45) is 7.05 Å². The molecule has 1 aliphatic heterocycles. The summed E-state index contributed by atoms with van der Waals surface area (Å²) in [5, 5.41) is 11.8. The number of amides is 1. The number of ether oxygens (including phenoxy) is 1. The summed E-state index contributed by atoms with van der Waals surface area (Å²) in [7, 11) is 1.94. The first-order chi connectivity index (χ1) is 15.5. The Hall–Kier alpha value is -3.64. The summed E-state index contributed by atoms with van der Waals surface area (Å²) in [5.74, 6) is 1.52. The smallest absolute Gasteiger partial charge is 0.251 e. The molecule has 6 nitrogen and oxygen atoms in total. The zero-order valence-electron chi connectivity index (χ0n) is 18.5. The van der Waals surface area contributed by atoms with Crippen LogP contribution >= 0.6 is 0 Å². The molecule has 1 saturated heterocycles. The molecule has 162 valence electrons. The van der Waals surface area contributed by atoms with E-state index in [0.29, 0.717) is 5.56 Å². The van der Waals surface area contributed by atoms with Crippen LogP contribution in [0.5, 0.6) is 11.5 Å². The summed E-state index contributed by atoms with van der Waals surface area (Å²) >= 11 is 0. The van der Waals surface area contributed by atoms with Crippen LogP contribution in [0.2, 0.25) is 0 Å². The molecule has 2 heterocycles. The van der Waals surface area contributed by atoms with E-state index in [9.17, 15) is 4.79 Å². The van der Waals surface area contributed by atoms with Crippen molar-refractivity contribution in [1.82, 2.24) is 20.4 Å². The van der Waals surface area contributed by atoms with E-state index in [1.54, 1.807) is 0 Å². The van der Waals surface area contributed by atoms with Gasteiger partial charge in [-0.3, -0.25) is 9.48 Å². The number of aryl methyl sites for hydroxylation is 3. The number of carbonyl (C=O) groups excluding carboxylic acids is 1. The molecule has 1 aliphatic rings. The summed E-state index contributed by atoms with van der Waals surface area (Å²) in [5.41, 5.74) is 5.81. The zero-order valence-corrected chi connectivity index (χ0v) is 18.5. The maximum absolute atomic E-state index is 12.5. The van der Waals surface area contributed by atoms with E-state index >= 15 is 0 Å². The van der Waals surface area contributed by atoms with E-state index in [1.807, 2.05) is 74.1 Å². The Morgan fingerprint density at radius 1 is 1.03 bits per heavy atom. The number of hydrogen-bond donors (Lipinski definition) is 2. The van der Waals surface area contributed by atoms with Gasteiger partial charge in [0.25, 0.3) is 5.91 Å². The fourth-order valence-electron chi connectivity index (χ4n) is 4.11. The van der Waals surface area contributed by atoms with Gasteiger partial charge in [0.05, 0.1) is 17.3 Å².